The molecule has 6 amide bonds. The number of hydrogen-bond acceptors (Lipinski definition) is 14. The molecule has 5 aliphatic rings. The summed E-state index contributed by atoms with van der Waals surface area (Å²) in [7, 11) is -5.72. The van der Waals surface area contributed by atoms with Crippen LogP contribution in [0.25, 0.3) is 5.57 Å². The van der Waals surface area contributed by atoms with Gasteiger partial charge in [0.05, 0.1) is 34.9 Å². The van der Waals surface area contributed by atoms with Crippen LogP contribution in [0.1, 0.15) is 159 Å². The summed E-state index contributed by atoms with van der Waals surface area (Å²) in [5.41, 5.74) is 0.669. The first-order chi connectivity index (χ1) is 43.2. The van der Waals surface area contributed by atoms with Gasteiger partial charge < -0.3 is 30.9 Å². The summed E-state index contributed by atoms with van der Waals surface area (Å²) in [4.78, 5) is 84.4. The number of sulfone groups is 1. The number of imide groups is 2. The monoisotopic (exact) mass is 1280 g/mol. The second-order valence-corrected chi connectivity index (χ2v) is 27.1. The van der Waals surface area contributed by atoms with Gasteiger partial charge in [-0.1, -0.05) is 93.8 Å². The Morgan fingerprint density at radius 2 is 1.50 bits per heavy atom. The Morgan fingerprint density at radius 3 is 2.19 bits per heavy atom. The zero-order valence-corrected chi connectivity index (χ0v) is 53.2. The number of nitrogens with zero attached hydrogens (tertiary/aromatic N) is 4. The Balaban J connectivity index is 0.684. The van der Waals surface area contributed by atoms with Gasteiger partial charge in [-0.3, -0.25) is 48.8 Å². The fourth-order valence-corrected chi connectivity index (χ4v) is 13.9. The van der Waals surface area contributed by atoms with Crippen molar-refractivity contribution in [1.82, 2.24) is 30.7 Å². The molecular weight excluding hydrogens is 1200 g/mol. The van der Waals surface area contributed by atoms with E-state index < -0.39 is 55.8 Å². The number of allylic oxidation sites excluding steroid dienone is 1. The number of nitrogens with one attached hydrogen (secondary N) is 5. The van der Waals surface area contributed by atoms with Crippen LogP contribution < -0.4 is 31.5 Å². The van der Waals surface area contributed by atoms with E-state index in [0.29, 0.717) is 68.4 Å². The molecule has 0 aromatic heterocycles. The van der Waals surface area contributed by atoms with Crippen molar-refractivity contribution < 1.29 is 55.1 Å². The Morgan fingerprint density at radius 1 is 0.800 bits per heavy atom. The van der Waals surface area contributed by atoms with Crippen LogP contribution in [-0.2, 0) is 35.5 Å². The summed E-state index contributed by atoms with van der Waals surface area (Å²) in [6.45, 7) is 12.5. The molecule has 5 N–H and O–H groups in total. The van der Waals surface area contributed by atoms with Crippen molar-refractivity contribution in [2.45, 2.75) is 146 Å². The van der Waals surface area contributed by atoms with Gasteiger partial charge in [0.25, 0.3) is 27.6 Å². The van der Waals surface area contributed by atoms with E-state index in [1.54, 1.807) is 30.3 Å². The number of carbonyl (C=O) groups is 6. The Labute approximate surface area is 531 Å². The van der Waals surface area contributed by atoms with Crippen LogP contribution in [0.4, 0.5) is 30.2 Å². The van der Waals surface area contributed by atoms with Gasteiger partial charge in [0, 0.05) is 113 Å². The third-order valence-electron chi connectivity index (χ3n) is 18.2. The van der Waals surface area contributed by atoms with E-state index in [1.807, 2.05) is 31.2 Å². The summed E-state index contributed by atoms with van der Waals surface area (Å²) >= 11 is 6.33. The molecule has 9 rings (SSSR count). The molecule has 1 aliphatic carbocycles. The van der Waals surface area contributed by atoms with Gasteiger partial charge in [0.2, 0.25) is 17.7 Å². The van der Waals surface area contributed by atoms with E-state index >= 15 is 0 Å². The van der Waals surface area contributed by atoms with Gasteiger partial charge in [-0.15, -0.1) is 0 Å². The van der Waals surface area contributed by atoms with E-state index in [1.165, 1.54) is 23.3 Å². The first-order valence-corrected chi connectivity index (χ1v) is 33.7. The van der Waals surface area contributed by atoms with Crippen molar-refractivity contribution >= 4 is 79.5 Å². The highest BCUT2D eigenvalue weighted by Gasteiger charge is 2.49. The first-order valence-electron chi connectivity index (χ1n) is 31.9. The molecule has 0 bridgehead atoms. The average Bonchev–Trinajstić information content (AvgIpc) is 1.57. The van der Waals surface area contributed by atoms with Crippen LogP contribution >= 0.6 is 11.6 Å². The van der Waals surface area contributed by atoms with Crippen molar-refractivity contribution in [2.75, 3.05) is 94.2 Å². The molecule has 3 atom stereocenters. The maximum atomic E-state index is 14.0. The smallest absolute Gasteiger partial charge is 0.384 e. The minimum absolute atomic E-state index is 0.0668. The van der Waals surface area contributed by atoms with Crippen molar-refractivity contribution in [1.29, 1.82) is 0 Å². The Bertz CT molecular complexity index is 3360. The zero-order chi connectivity index (χ0) is 64.0. The first kappa shape index (κ1) is 67.5. The molecule has 486 valence electrons. The lowest BCUT2D eigenvalue weighted by Crippen LogP contribution is -2.54. The van der Waals surface area contributed by atoms with E-state index in [9.17, 15) is 50.4 Å². The molecule has 23 heteroatoms. The molecule has 4 heterocycles. The van der Waals surface area contributed by atoms with Crippen molar-refractivity contribution in [3.8, 4) is 0 Å². The number of benzene rings is 4. The molecule has 0 spiro atoms. The SMILES string of the molecule is CC[C@@H](CCN1CCOCC1)Nc1ccc(CNC(=O)c2ccc(N3CCN(CC4=C(c5ccc(Cl)cc5)CCC(C)(CNC(=O)CCCCCCCCCCNc5cccc6c5C(=O)N(C5CCC(=O)NC5=O)C6=O)C4)CC3)cc2)cc1S(=O)(=O)C(F)(F)F. The number of piperazine rings is 1. The number of morpholine rings is 1. The molecule has 3 fully saturated rings. The number of carbonyl (C=O) groups excluding carboxylic acids is 6. The van der Waals surface area contributed by atoms with Gasteiger partial charge in [-0.25, -0.2) is 8.42 Å². The molecule has 3 saturated heterocycles. The van der Waals surface area contributed by atoms with Crippen molar-refractivity contribution in [3.63, 3.8) is 0 Å². The predicted octanol–water partition coefficient (Wildman–Crippen LogP) is 10.4. The fraction of sp³-hybridized carbons (Fsp3) is 0.522. The third kappa shape index (κ3) is 17.4. The number of halogens is 4. The lowest BCUT2D eigenvalue weighted by atomic mass is 9.71. The highest BCUT2D eigenvalue weighted by Crippen LogP contribution is 2.44. The normalized spacial score (nSPS) is 19.8. The fourth-order valence-electron chi connectivity index (χ4n) is 12.8. The van der Waals surface area contributed by atoms with E-state index in [2.05, 4.69) is 60.3 Å². The van der Waals surface area contributed by atoms with Crippen molar-refractivity contribution in [2.24, 2.45) is 5.41 Å². The maximum Gasteiger partial charge on any atom is 0.501 e. The summed E-state index contributed by atoms with van der Waals surface area (Å²) in [5, 5.41) is 15.3. The molecule has 2 unspecified atom stereocenters. The number of piperidine rings is 1. The van der Waals surface area contributed by atoms with E-state index in [0.717, 1.165) is 139 Å². The summed E-state index contributed by atoms with van der Waals surface area (Å²) < 4.78 is 73.3. The number of amides is 6. The van der Waals surface area contributed by atoms with Gasteiger partial charge in [-0.05, 0) is 134 Å². The molecule has 18 nitrogen and oxygen atoms in total. The van der Waals surface area contributed by atoms with Gasteiger partial charge in [-0.2, -0.15) is 13.2 Å². The second-order valence-electron chi connectivity index (χ2n) is 24.8. The predicted molar refractivity (Wildman–Crippen MR) is 342 cm³/mol. The van der Waals surface area contributed by atoms with Gasteiger partial charge in [0.1, 0.15) is 6.04 Å². The number of fused-ring (bicyclic) bond motifs is 1. The van der Waals surface area contributed by atoms with Crippen molar-refractivity contribution in [3.05, 3.63) is 123 Å². The third-order valence-corrected chi connectivity index (χ3v) is 20.0. The number of alkyl halides is 3. The summed E-state index contributed by atoms with van der Waals surface area (Å²) in [5.74, 6) is -2.47. The molecule has 0 radical (unpaired) electrons. The quantitative estimate of drug-likeness (QED) is 0.0252. The van der Waals surface area contributed by atoms with Crippen LogP contribution in [0.5, 0.6) is 0 Å². The Hall–Kier alpha value is -6.85. The molecule has 4 aromatic carbocycles. The number of unbranched alkanes of at least 4 members (excludes halogenated alkanes) is 7. The van der Waals surface area contributed by atoms with Crippen LogP contribution in [0.3, 0.4) is 0 Å². The zero-order valence-electron chi connectivity index (χ0n) is 51.6. The van der Waals surface area contributed by atoms with Gasteiger partial charge in [0.15, 0.2) is 0 Å². The van der Waals surface area contributed by atoms with Crippen LogP contribution in [0.15, 0.2) is 95.4 Å². The lowest BCUT2D eigenvalue weighted by Gasteiger charge is -2.41. The topological polar surface area (TPSA) is 219 Å². The second kappa shape index (κ2) is 31.0. The van der Waals surface area contributed by atoms with Gasteiger partial charge >= 0.3 is 5.51 Å². The Kier molecular flexibility index (Phi) is 23.2. The highest BCUT2D eigenvalue weighted by molar-refractivity contribution is 7.92. The minimum Gasteiger partial charge on any atom is -0.384 e. The minimum atomic E-state index is -5.72. The highest BCUT2D eigenvalue weighted by atomic mass is 35.5. The number of anilines is 3. The maximum absolute atomic E-state index is 14.0. The number of rotatable bonds is 29. The number of ether oxygens (including phenoxy) is 1. The van der Waals surface area contributed by atoms with Crippen LogP contribution in [0.2, 0.25) is 5.02 Å². The molecule has 4 aliphatic heterocycles. The lowest BCUT2D eigenvalue weighted by molar-refractivity contribution is -0.136. The molecule has 90 heavy (non-hydrogen) atoms. The van der Waals surface area contributed by atoms with E-state index in [-0.39, 0.29) is 59.1 Å². The van der Waals surface area contributed by atoms with E-state index in [4.69, 9.17) is 16.3 Å². The summed E-state index contributed by atoms with van der Waals surface area (Å²) in [6, 6.07) is 22.9. The average molecular weight is 1280 g/mol. The summed E-state index contributed by atoms with van der Waals surface area (Å²) in [6.07, 6.45) is 12.4. The number of hydrogen-bond donors (Lipinski definition) is 5. The molecular formula is C67H85ClF3N9O9S. The van der Waals surface area contributed by atoms with Crippen LogP contribution in [-0.4, -0.2) is 155 Å². The largest absolute Gasteiger partial charge is 0.501 e. The molecule has 4 aromatic rings. The molecule has 0 saturated carbocycles. The van der Waals surface area contributed by atoms with Crippen LogP contribution in [0, 0.1) is 5.41 Å². The standard InChI is InChI=1S/C67H85ClF3N9O9S/c1-3-51(29-32-77-37-39-89-40-38-77)75-55-25-16-46(41-58(55)90(87,88)67(69,70)71)43-73-62(83)48-19-23-52(24-20-48)79-35-33-78(34-36-79)44-49-42-66(2,30-28-53(49)47-17-21-50(68)22-18-47)45-74-59(81)15-10-8-6-4-5-7-9-11-31-72-56-14-12-13-54-61(56)65(86)80(64(54)85)57-26-27-60(82)76-63(57)84/h12-14,16-25,41,51,57,72,75H,3-11,15,26-40,42-45H2,1-2H3,(H,73,83)(H,74,81)(H,76,82,84)/t51-,57?,66?/m0/s1.